The van der Waals surface area contributed by atoms with Gasteiger partial charge in [0.1, 0.15) is 11.6 Å². The van der Waals surface area contributed by atoms with Crippen molar-refractivity contribution >= 4 is 41.0 Å². The topological polar surface area (TPSA) is 97.8 Å². The maximum Gasteiger partial charge on any atom is 0.317 e. The molecule has 0 saturated carbocycles. The minimum absolute atomic E-state index is 0.110. The molecule has 1 aromatic heterocycles. The van der Waals surface area contributed by atoms with E-state index in [4.69, 9.17) is 23.2 Å². The minimum Gasteiger partial charge on any atom is -0.508 e. The van der Waals surface area contributed by atoms with Crippen molar-refractivity contribution in [1.82, 2.24) is 20.1 Å². The standard InChI is InChI=1S/C19H21Cl2N5O3/c20-14-11-16(21)17(24-12-14)22-5-6-23-19(29)26-9-7-25(8-10-26)18(28)13-1-3-15(27)4-2-13/h1-4,11-12,27H,5-10H2,(H,22,24)(H,23,29). The lowest BCUT2D eigenvalue weighted by Gasteiger charge is -2.34. The van der Waals surface area contributed by atoms with Gasteiger partial charge in [-0.25, -0.2) is 9.78 Å². The lowest BCUT2D eigenvalue weighted by atomic mass is 10.1. The fourth-order valence-corrected chi connectivity index (χ4v) is 3.35. The Balaban J connectivity index is 1.39. The summed E-state index contributed by atoms with van der Waals surface area (Å²) >= 11 is 11.8. The first-order valence-electron chi connectivity index (χ1n) is 9.10. The molecule has 154 valence electrons. The van der Waals surface area contributed by atoms with E-state index in [2.05, 4.69) is 15.6 Å². The van der Waals surface area contributed by atoms with Gasteiger partial charge >= 0.3 is 6.03 Å². The molecule has 3 amide bonds. The summed E-state index contributed by atoms with van der Waals surface area (Å²) in [6, 6.07) is 7.56. The zero-order valence-electron chi connectivity index (χ0n) is 15.6. The Morgan fingerprint density at radius 1 is 1.03 bits per heavy atom. The van der Waals surface area contributed by atoms with E-state index in [1.807, 2.05) is 0 Å². The second kappa shape index (κ2) is 9.67. The molecule has 0 bridgehead atoms. The normalized spacial score (nSPS) is 13.9. The predicted molar refractivity (Wildman–Crippen MR) is 112 cm³/mol. The van der Waals surface area contributed by atoms with Crippen LogP contribution in [0.5, 0.6) is 5.75 Å². The molecule has 0 aliphatic carbocycles. The Morgan fingerprint density at radius 2 is 1.69 bits per heavy atom. The van der Waals surface area contributed by atoms with Gasteiger partial charge in [0.2, 0.25) is 0 Å². The molecule has 3 rings (SSSR count). The van der Waals surface area contributed by atoms with Crippen LogP contribution in [0.3, 0.4) is 0 Å². The smallest absolute Gasteiger partial charge is 0.317 e. The largest absolute Gasteiger partial charge is 0.508 e. The Labute approximate surface area is 178 Å². The Kier molecular flexibility index (Phi) is 7.00. The summed E-state index contributed by atoms with van der Waals surface area (Å²) in [6.45, 7) is 2.66. The number of phenols is 1. The fourth-order valence-electron chi connectivity index (χ4n) is 2.91. The molecule has 2 aromatic rings. The van der Waals surface area contributed by atoms with Crippen molar-refractivity contribution in [3.8, 4) is 5.75 Å². The van der Waals surface area contributed by atoms with Crippen LogP contribution >= 0.6 is 23.2 Å². The van der Waals surface area contributed by atoms with Crippen LogP contribution in [-0.2, 0) is 0 Å². The van der Waals surface area contributed by atoms with Crippen LogP contribution in [0.25, 0.3) is 0 Å². The number of benzene rings is 1. The van der Waals surface area contributed by atoms with E-state index in [1.54, 1.807) is 28.0 Å². The number of carbonyl (C=O) groups excluding carboxylic acids is 2. The number of nitrogens with one attached hydrogen (secondary N) is 2. The summed E-state index contributed by atoms with van der Waals surface area (Å²) < 4.78 is 0. The van der Waals surface area contributed by atoms with Crippen LogP contribution in [0.1, 0.15) is 10.4 Å². The fraction of sp³-hybridized carbons (Fsp3) is 0.316. The molecule has 10 heteroatoms. The summed E-state index contributed by atoms with van der Waals surface area (Å²) in [7, 11) is 0. The number of pyridine rings is 1. The third-order valence-corrected chi connectivity index (χ3v) is 4.96. The number of urea groups is 1. The van der Waals surface area contributed by atoms with Gasteiger partial charge in [-0.15, -0.1) is 0 Å². The molecular formula is C19H21Cl2N5O3. The number of amides is 3. The number of nitrogens with zero attached hydrogens (tertiary/aromatic N) is 3. The van der Waals surface area contributed by atoms with Crippen LogP contribution in [0.15, 0.2) is 36.5 Å². The van der Waals surface area contributed by atoms with Crippen LogP contribution in [0.2, 0.25) is 10.0 Å². The molecule has 0 atom stereocenters. The zero-order valence-corrected chi connectivity index (χ0v) is 17.1. The maximum atomic E-state index is 12.5. The molecule has 1 fully saturated rings. The predicted octanol–water partition coefficient (Wildman–Crippen LogP) is 2.67. The number of aromatic nitrogens is 1. The molecule has 1 saturated heterocycles. The first kappa shape index (κ1) is 21.0. The average molecular weight is 438 g/mol. The number of carbonyl (C=O) groups is 2. The van der Waals surface area contributed by atoms with E-state index in [-0.39, 0.29) is 17.7 Å². The number of phenolic OH excluding ortho intramolecular Hbond substituents is 1. The highest BCUT2D eigenvalue weighted by molar-refractivity contribution is 6.35. The summed E-state index contributed by atoms with van der Waals surface area (Å²) in [4.78, 5) is 32.2. The van der Waals surface area contributed by atoms with Crippen molar-refractivity contribution in [3.63, 3.8) is 0 Å². The van der Waals surface area contributed by atoms with Gasteiger partial charge in [0.25, 0.3) is 5.91 Å². The second-order valence-corrected chi connectivity index (χ2v) is 7.31. The summed E-state index contributed by atoms with van der Waals surface area (Å²) in [5.74, 6) is 0.514. The highest BCUT2D eigenvalue weighted by Crippen LogP contribution is 2.22. The molecule has 2 heterocycles. The number of halogens is 2. The molecule has 8 nitrogen and oxygen atoms in total. The van der Waals surface area contributed by atoms with E-state index in [0.29, 0.717) is 60.7 Å². The molecular weight excluding hydrogens is 417 g/mol. The van der Waals surface area contributed by atoms with Gasteiger partial charge in [0.15, 0.2) is 0 Å². The Morgan fingerprint density at radius 3 is 2.34 bits per heavy atom. The minimum atomic E-state index is -0.182. The third-order valence-electron chi connectivity index (χ3n) is 4.47. The molecule has 0 radical (unpaired) electrons. The van der Waals surface area contributed by atoms with Gasteiger partial charge in [-0.1, -0.05) is 23.2 Å². The van der Waals surface area contributed by atoms with Gasteiger partial charge < -0.3 is 25.5 Å². The van der Waals surface area contributed by atoms with Crippen molar-refractivity contribution in [1.29, 1.82) is 0 Å². The highest BCUT2D eigenvalue weighted by Gasteiger charge is 2.24. The van der Waals surface area contributed by atoms with Crippen molar-refractivity contribution in [2.45, 2.75) is 0 Å². The molecule has 29 heavy (non-hydrogen) atoms. The number of hydrogen-bond acceptors (Lipinski definition) is 5. The number of rotatable bonds is 5. The number of hydrogen-bond donors (Lipinski definition) is 3. The summed E-state index contributed by atoms with van der Waals surface area (Å²) in [6.07, 6.45) is 1.49. The third kappa shape index (κ3) is 5.65. The molecule has 1 aliphatic heterocycles. The van der Waals surface area contributed by atoms with Crippen LogP contribution in [-0.4, -0.2) is 71.1 Å². The van der Waals surface area contributed by atoms with E-state index < -0.39 is 0 Å². The van der Waals surface area contributed by atoms with Crippen molar-refractivity contribution < 1.29 is 14.7 Å². The lowest BCUT2D eigenvalue weighted by molar-refractivity contribution is 0.0665. The van der Waals surface area contributed by atoms with E-state index >= 15 is 0 Å². The van der Waals surface area contributed by atoms with Gasteiger partial charge in [-0.2, -0.15) is 0 Å². The molecule has 1 aliphatic rings. The Bertz CT molecular complexity index is 871. The van der Waals surface area contributed by atoms with Crippen LogP contribution in [0, 0.1) is 0 Å². The van der Waals surface area contributed by atoms with Crippen LogP contribution < -0.4 is 10.6 Å². The van der Waals surface area contributed by atoms with Gasteiger partial charge in [-0.05, 0) is 30.3 Å². The number of anilines is 1. The summed E-state index contributed by atoms with van der Waals surface area (Å²) in [5, 5.41) is 16.1. The van der Waals surface area contributed by atoms with Crippen molar-refractivity contribution in [2.24, 2.45) is 0 Å². The highest BCUT2D eigenvalue weighted by atomic mass is 35.5. The number of piperazine rings is 1. The van der Waals surface area contributed by atoms with E-state index in [1.165, 1.54) is 18.3 Å². The summed E-state index contributed by atoms with van der Waals surface area (Å²) in [5.41, 5.74) is 0.515. The Hall–Kier alpha value is -2.71. The molecule has 3 N–H and O–H groups in total. The molecule has 1 aromatic carbocycles. The SMILES string of the molecule is O=C(NCCNc1ncc(Cl)cc1Cl)N1CCN(C(=O)c2ccc(O)cc2)CC1. The lowest BCUT2D eigenvalue weighted by Crippen LogP contribution is -2.53. The second-order valence-electron chi connectivity index (χ2n) is 6.47. The van der Waals surface area contributed by atoms with Crippen molar-refractivity contribution in [2.75, 3.05) is 44.6 Å². The van der Waals surface area contributed by atoms with Gasteiger partial charge in [0, 0.05) is 51.0 Å². The van der Waals surface area contributed by atoms with E-state index in [9.17, 15) is 14.7 Å². The maximum absolute atomic E-state index is 12.5. The van der Waals surface area contributed by atoms with Crippen LogP contribution in [0.4, 0.5) is 10.6 Å². The van der Waals surface area contributed by atoms with Gasteiger partial charge in [-0.3, -0.25) is 4.79 Å². The first-order valence-corrected chi connectivity index (χ1v) is 9.85. The first-order chi connectivity index (χ1) is 13.9. The van der Waals surface area contributed by atoms with E-state index in [0.717, 1.165) is 0 Å². The molecule has 0 spiro atoms. The average Bonchev–Trinajstić information content (AvgIpc) is 2.72. The van der Waals surface area contributed by atoms with Gasteiger partial charge in [0.05, 0.1) is 10.0 Å². The zero-order chi connectivity index (χ0) is 20.8. The van der Waals surface area contributed by atoms with Crippen molar-refractivity contribution in [3.05, 3.63) is 52.1 Å². The number of aromatic hydroxyl groups is 1. The monoisotopic (exact) mass is 437 g/mol. The molecule has 0 unspecified atom stereocenters. The quantitative estimate of drug-likeness (QED) is 0.624.